The van der Waals surface area contributed by atoms with E-state index in [-0.39, 0.29) is 5.91 Å². The van der Waals surface area contributed by atoms with Gasteiger partial charge in [-0.25, -0.2) is 4.99 Å². The number of rotatable bonds is 2. The molecular formula is C8H11NO2S. The summed E-state index contributed by atoms with van der Waals surface area (Å²) in [5, 5.41) is 1.01. The summed E-state index contributed by atoms with van der Waals surface area (Å²) in [7, 11) is 0. The monoisotopic (exact) mass is 185 g/mol. The topological polar surface area (TPSA) is 38.7 Å². The van der Waals surface area contributed by atoms with E-state index in [0.29, 0.717) is 11.7 Å². The van der Waals surface area contributed by atoms with Gasteiger partial charge in [0, 0.05) is 19.6 Å². The maximum Gasteiger partial charge on any atom is 0.256 e. The normalized spacial score (nSPS) is 29.5. The largest absolute Gasteiger partial charge is 0.381 e. The van der Waals surface area contributed by atoms with Crippen molar-refractivity contribution in [3.8, 4) is 0 Å². The van der Waals surface area contributed by atoms with Crippen molar-refractivity contribution in [2.45, 2.75) is 12.8 Å². The lowest BCUT2D eigenvalue weighted by Gasteiger charge is -2.04. The van der Waals surface area contributed by atoms with Crippen LogP contribution in [0.1, 0.15) is 12.8 Å². The zero-order valence-corrected chi connectivity index (χ0v) is 7.60. The van der Waals surface area contributed by atoms with E-state index in [2.05, 4.69) is 4.99 Å². The predicted molar refractivity (Wildman–Crippen MR) is 48.4 cm³/mol. The zero-order valence-electron chi connectivity index (χ0n) is 6.78. The Labute approximate surface area is 75.6 Å². The summed E-state index contributed by atoms with van der Waals surface area (Å²) in [6, 6.07) is 0. The summed E-state index contributed by atoms with van der Waals surface area (Å²) in [6.45, 7) is 1.71. The average molecular weight is 185 g/mol. The molecule has 1 atom stereocenters. The molecule has 0 aromatic carbocycles. The van der Waals surface area contributed by atoms with Crippen LogP contribution < -0.4 is 0 Å². The standard InChI is InChI=1S/C8H11NO2S/c10-7-5-12-8(9-7)3-6-1-2-11-4-6/h6H,1-5H2. The lowest BCUT2D eigenvalue weighted by atomic mass is 10.1. The van der Waals surface area contributed by atoms with Gasteiger partial charge in [0.25, 0.3) is 5.91 Å². The molecule has 0 aromatic heterocycles. The van der Waals surface area contributed by atoms with Gasteiger partial charge in [-0.2, -0.15) is 0 Å². The van der Waals surface area contributed by atoms with Gasteiger partial charge in [0.2, 0.25) is 0 Å². The molecule has 1 fully saturated rings. The SMILES string of the molecule is O=C1CSC(CC2CCOC2)=N1. The third-order valence-electron chi connectivity index (χ3n) is 2.10. The molecule has 2 heterocycles. The smallest absolute Gasteiger partial charge is 0.256 e. The Morgan fingerprint density at radius 1 is 1.67 bits per heavy atom. The zero-order chi connectivity index (χ0) is 8.39. The molecule has 2 rings (SSSR count). The first-order valence-electron chi connectivity index (χ1n) is 4.15. The second kappa shape index (κ2) is 3.58. The van der Waals surface area contributed by atoms with Crippen molar-refractivity contribution < 1.29 is 9.53 Å². The van der Waals surface area contributed by atoms with Crippen molar-refractivity contribution in [2.75, 3.05) is 19.0 Å². The van der Waals surface area contributed by atoms with E-state index in [4.69, 9.17) is 4.74 Å². The summed E-state index contributed by atoms with van der Waals surface area (Å²) < 4.78 is 5.25. The summed E-state index contributed by atoms with van der Waals surface area (Å²) in [6.07, 6.45) is 2.06. The van der Waals surface area contributed by atoms with Crippen LogP contribution in [0.3, 0.4) is 0 Å². The third-order valence-corrected chi connectivity index (χ3v) is 3.08. The van der Waals surface area contributed by atoms with Crippen molar-refractivity contribution in [2.24, 2.45) is 10.9 Å². The molecule has 0 bridgehead atoms. The molecule has 0 radical (unpaired) electrons. The highest BCUT2D eigenvalue weighted by atomic mass is 32.2. The predicted octanol–water partition coefficient (Wildman–Crippen LogP) is 1.08. The summed E-state index contributed by atoms with van der Waals surface area (Å²) >= 11 is 1.58. The molecule has 3 nitrogen and oxygen atoms in total. The molecule has 2 aliphatic heterocycles. The fraction of sp³-hybridized carbons (Fsp3) is 0.750. The van der Waals surface area contributed by atoms with Crippen molar-refractivity contribution in [1.82, 2.24) is 0 Å². The third kappa shape index (κ3) is 1.87. The maximum absolute atomic E-state index is 10.8. The Kier molecular flexibility index (Phi) is 2.46. The van der Waals surface area contributed by atoms with Crippen LogP contribution >= 0.6 is 11.8 Å². The fourth-order valence-electron chi connectivity index (χ4n) is 1.44. The van der Waals surface area contributed by atoms with Crippen LogP contribution in [-0.4, -0.2) is 29.9 Å². The number of aliphatic imine (C=N–C) groups is 1. The van der Waals surface area contributed by atoms with Crippen LogP contribution in [0.5, 0.6) is 0 Å². The second-order valence-electron chi connectivity index (χ2n) is 3.12. The molecule has 2 aliphatic rings. The molecule has 0 spiro atoms. The van der Waals surface area contributed by atoms with Gasteiger partial charge < -0.3 is 4.74 Å². The number of carbonyl (C=O) groups excluding carboxylic acids is 1. The van der Waals surface area contributed by atoms with E-state index < -0.39 is 0 Å². The number of hydrogen-bond donors (Lipinski definition) is 0. The number of amides is 1. The van der Waals surface area contributed by atoms with Gasteiger partial charge in [-0.3, -0.25) is 4.79 Å². The Bertz CT molecular complexity index is 221. The molecule has 1 amide bonds. The van der Waals surface area contributed by atoms with Crippen molar-refractivity contribution in [3.63, 3.8) is 0 Å². The molecule has 0 aliphatic carbocycles. The molecule has 1 saturated heterocycles. The Balaban J connectivity index is 1.86. The number of thioether (sulfide) groups is 1. The summed E-state index contributed by atoms with van der Waals surface area (Å²) in [4.78, 5) is 14.7. The van der Waals surface area contributed by atoms with Gasteiger partial charge in [0.1, 0.15) is 0 Å². The number of hydrogen-bond acceptors (Lipinski definition) is 3. The van der Waals surface area contributed by atoms with E-state index in [1.165, 1.54) is 0 Å². The minimum absolute atomic E-state index is 0.0221. The van der Waals surface area contributed by atoms with Gasteiger partial charge in [-0.05, 0) is 12.3 Å². The molecule has 1 unspecified atom stereocenters. The Morgan fingerprint density at radius 2 is 2.58 bits per heavy atom. The first kappa shape index (κ1) is 8.26. The van der Waals surface area contributed by atoms with Crippen molar-refractivity contribution >= 4 is 22.7 Å². The van der Waals surface area contributed by atoms with Gasteiger partial charge in [-0.15, -0.1) is 11.8 Å². The second-order valence-corrected chi connectivity index (χ2v) is 4.17. The van der Waals surface area contributed by atoms with Gasteiger partial charge in [0.15, 0.2) is 0 Å². The van der Waals surface area contributed by atoms with Gasteiger partial charge in [0.05, 0.1) is 10.8 Å². The van der Waals surface area contributed by atoms with Gasteiger partial charge >= 0.3 is 0 Å². The van der Waals surface area contributed by atoms with E-state index >= 15 is 0 Å². The van der Waals surface area contributed by atoms with Crippen LogP contribution in [0.4, 0.5) is 0 Å². The first-order chi connectivity index (χ1) is 5.84. The van der Waals surface area contributed by atoms with Gasteiger partial charge in [-0.1, -0.05) is 0 Å². The minimum Gasteiger partial charge on any atom is -0.381 e. The quantitative estimate of drug-likeness (QED) is 0.646. The lowest BCUT2D eigenvalue weighted by molar-refractivity contribution is -0.115. The molecule has 0 saturated carbocycles. The van der Waals surface area contributed by atoms with E-state index in [1.54, 1.807) is 11.8 Å². The van der Waals surface area contributed by atoms with Crippen LogP contribution in [0.2, 0.25) is 0 Å². The molecule has 4 heteroatoms. The minimum atomic E-state index is 0.0221. The maximum atomic E-state index is 10.8. The fourth-order valence-corrected chi connectivity index (χ4v) is 2.32. The van der Waals surface area contributed by atoms with Crippen molar-refractivity contribution in [3.05, 3.63) is 0 Å². The van der Waals surface area contributed by atoms with Crippen molar-refractivity contribution in [1.29, 1.82) is 0 Å². The molecule has 12 heavy (non-hydrogen) atoms. The molecular weight excluding hydrogens is 174 g/mol. The van der Waals surface area contributed by atoms with Crippen LogP contribution in [0.25, 0.3) is 0 Å². The van der Waals surface area contributed by atoms with E-state index in [0.717, 1.165) is 31.1 Å². The Hall–Kier alpha value is -0.350. The highest BCUT2D eigenvalue weighted by Crippen LogP contribution is 2.24. The van der Waals surface area contributed by atoms with Crippen LogP contribution in [-0.2, 0) is 9.53 Å². The Morgan fingerprint density at radius 3 is 3.17 bits per heavy atom. The highest BCUT2D eigenvalue weighted by Gasteiger charge is 2.22. The molecule has 0 N–H and O–H groups in total. The lowest BCUT2D eigenvalue weighted by Crippen LogP contribution is -2.03. The molecule has 66 valence electrons. The number of nitrogens with zero attached hydrogens (tertiary/aromatic N) is 1. The van der Waals surface area contributed by atoms with Crippen LogP contribution in [0.15, 0.2) is 4.99 Å². The van der Waals surface area contributed by atoms with Crippen LogP contribution in [0, 0.1) is 5.92 Å². The van der Waals surface area contributed by atoms with E-state index in [1.807, 2.05) is 0 Å². The summed E-state index contributed by atoms with van der Waals surface area (Å²) in [5.74, 6) is 1.17. The molecule has 0 aromatic rings. The van der Waals surface area contributed by atoms with E-state index in [9.17, 15) is 4.79 Å². The average Bonchev–Trinajstić information content (AvgIpc) is 2.63. The highest BCUT2D eigenvalue weighted by molar-refractivity contribution is 8.15. The summed E-state index contributed by atoms with van der Waals surface area (Å²) in [5.41, 5.74) is 0. The number of carbonyl (C=O) groups is 1. The first-order valence-corrected chi connectivity index (χ1v) is 5.14. The number of ether oxygens (including phenoxy) is 1.